The van der Waals surface area contributed by atoms with E-state index in [0.717, 1.165) is 0 Å². The Kier molecular flexibility index (Phi) is 4.09. The molecule has 13 heavy (non-hydrogen) atoms. The van der Waals surface area contributed by atoms with Crippen molar-refractivity contribution in [1.29, 1.82) is 0 Å². The van der Waals surface area contributed by atoms with Crippen LogP contribution in [0, 0.1) is 0 Å². The van der Waals surface area contributed by atoms with Gasteiger partial charge >= 0.3 is 0 Å². The zero-order valence-electron chi connectivity index (χ0n) is 7.08. The van der Waals surface area contributed by atoms with Crippen LogP contribution < -0.4 is 0 Å². The van der Waals surface area contributed by atoms with E-state index in [1.54, 1.807) is 19.1 Å². The molecule has 0 radical (unpaired) electrons. The van der Waals surface area contributed by atoms with Crippen LogP contribution >= 0.6 is 22.9 Å². The zero-order chi connectivity index (χ0) is 9.84. The molecular formula is C8H9ClO2S2. The minimum atomic E-state index is -1.03. The lowest BCUT2D eigenvalue weighted by atomic mass is 10.4. The molecule has 0 bridgehead atoms. The molecule has 1 unspecified atom stereocenters. The Labute approximate surface area is 88.4 Å². The monoisotopic (exact) mass is 236 g/mol. The van der Waals surface area contributed by atoms with Gasteiger partial charge in [-0.1, -0.05) is 18.5 Å². The lowest BCUT2D eigenvalue weighted by molar-refractivity contribution is 0.102. The third-order valence-corrected chi connectivity index (χ3v) is 3.96. The number of hydrogen-bond acceptors (Lipinski definition) is 3. The molecule has 0 spiro atoms. The summed E-state index contributed by atoms with van der Waals surface area (Å²) in [6, 6.07) is 3.34. The summed E-state index contributed by atoms with van der Waals surface area (Å²) in [6.07, 6.45) is 0. The number of Topliss-reactive ketones (excluding diaryl/α,β-unsaturated/α-hetero) is 1. The summed E-state index contributed by atoms with van der Waals surface area (Å²) in [6.45, 7) is 1.80. The highest BCUT2D eigenvalue weighted by molar-refractivity contribution is 7.85. The highest BCUT2D eigenvalue weighted by atomic mass is 35.5. The van der Waals surface area contributed by atoms with E-state index in [1.165, 1.54) is 11.3 Å². The van der Waals surface area contributed by atoms with E-state index in [9.17, 15) is 9.00 Å². The molecule has 0 amide bonds. The van der Waals surface area contributed by atoms with Crippen molar-refractivity contribution in [1.82, 2.24) is 0 Å². The van der Waals surface area contributed by atoms with E-state index in [4.69, 9.17) is 11.6 Å². The van der Waals surface area contributed by atoms with Gasteiger partial charge in [0.2, 0.25) is 0 Å². The van der Waals surface area contributed by atoms with Gasteiger partial charge in [-0.05, 0) is 12.1 Å². The van der Waals surface area contributed by atoms with Crippen LogP contribution in [-0.4, -0.2) is 21.5 Å². The lowest BCUT2D eigenvalue weighted by Crippen LogP contribution is -2.10. The van der Waals surface area contributed by atoms with Gasteiger partial charge in [-0.15, -0.1) is 11.3 Å². The van der Waals surface area contributed by atoms with Crippen LogP contribution in [0.5, 0.6) is 0 Å². The van der Waals surface area contributed by atoms with E-state index in [0.29, 0.717) is 15.0 Å². The molecule has 0 saturated carbocycles. The lowest BCUT2D eigenvalue weighted by Gasteiger charge is -1.95. The largest absolute Gasteiger partial charge is 0.292 e. The standard InChI is InChI=1S/C8H9ClO2S2/c1-2-13(11)5-6(10)7-3-4-8(9)12-7/h3-4H,2,5H2,1H3. The number of hydrogen-bond donors (Lipinski definition) is 0. The molecule has 1 rings (SSSR count). The maximum Gasteiger partial charge on any atom is 0.185 e. The van der Waals surface area contributed by atoms with Crippen molar-refractivity contribution in [3.8, 4) is 0 Å². The van der Waals surface area contributed by atoms with Crippen LogP contribution in [0.2, 0.25) is 4.34 Å². The van der Waals surface area contributed by atoms with Gasteiger partial charge in [-0.25, -0.2) is 0 Å². The van der Waals surface area contributed by atoms with Gasteiger partial charge in [0.1, 0.15) is 0 Å². The number of rotatable bonds is 4. The Morgan fingerprint density at radius 2 is 2.31 bits per heavy atom. The number of halogens is 1. The average Bonchev–Trinajstić information content (AvgIpc) is 2.51. The number of carbonyl (C=O) groups excluding carboxylic acids is 1. The van der Waals surface area contributed by atoms with Gasteiger partial charge in [-0.2, -0.15) is 0 Å². The fourth-order valence-corrected chi connectivity index (χ4v) is 2.51. The molecule has 72 valence electrons. The second kappa shape index (κ2) is 4.88. The fourth-order valence-electron chi connectivity index (χ4n) is 0.784. The number of ketones is 1. The first kappa shape index (κ1) is 10.9. The summed E-state index contributed by atoms with van der Waals surface area (Å²) >= 11 is 6.90. The van der Waals surface area contributed by atoms with Crippen molar-refractivity contribution in [2.24, 2.45) is 0 Å². The van der Waals surface area contributed by atoms with Gasteiger partial charge in [0.05, 0.1) is 15.0 Å². The van der Waals surface area contributed by atoms with Crippen LogP contribution in [0.15, 0.2) is 12.1 Å². The smallest absolute Gasteiger partial charge is 0.185 e. The third-order valence-electron chi connectivity index (χ3n) is 1.46. The maximum absolute atomic E-state index is 11.4. The van der Waals surface area contributed by atoms with Crippen LogP contribution in [0.1, 0.15) is 16.6 Å². The van der Waals surface area contributed by atoms with Crippen molar-refractivity contribution >= 4 is 39.5 Å². The molecule has 2 nitrogen and oxygen atoms in total. The second-order valence-electron chi connectivity index (χ2n) is 2.40. The first-order valence-corrected chi connectivity index (χ1v) is 6.45. The minimum absolute atomic E-state index is 0.0860. The van der Waals surface area contributed by atoms with Crippen molar-refractivity contribution in [2.75, 3.05) is 11.5 Å². The third kappa shape index (κ3) is 3.21. The quantitative estimate of drug-likeness (QED) is 0.753. The predicted molar refractivity (Wildman–Crippen MR) is 57.2 cm³/mol. The Balaban J connectivity index is 2.64. The molecule has 0 aliphatic carbocycles. The van der Waals surface area contributed by atoms with E-state index in [-0.39, 0.29) is 11.5 Å². The normalized spacial score (nSPS) is 12.8. The SMILES string of the molecule is CCS(=O)CC(=O)c1ccc(Cl)s1. The summed E-state index contributed by atoms with van der Waals surface area (Å²) in [5, 5.41) is 0. The molecule has 1 atom stereocenters. The second-order valence-corrected chi connectivity index (χ2v) is 5.86. The number of thiophene rings is 1. The summed E-state index contributed by atoms with van der Waals surface area (Å²) in [5.41, 5.74) is 0. The molecule has 1 aromatic rings. The highest BCUT2D eigenvalue weighted by Gasteiger charge is 2.11. The van der Waals surface area contributed by atoms with E-state index in [2.05, 4.69) is 0 Å². The van der Waals surface area contributed by atoms with Crippen molar-refractivity contribution in [3.63, 3.8) is 0 Å². The molecule has 0 aliphatic heterocycles. The van der Waals surface area contributed by atoms with Gasteiger partial charge in [0.15, 0.2) is 5.78 Å². The summed E-state index contributed by atoms with van der Waals surface area (Å²) in [4.78, 5) is 12.0. The molecule has 0 aromatic carbocycles. The first-order chi connectivity index (χ1) is 6.13. The average molecular weight is 237 g/mol. The topological polar surface area (TPSA) is 34.1 Å². The Hall–Kier alpha value is -0.190. The molecule has 1 aromatic heterocycles. The van der Waals surface area contributed by atoms with Gasteiger partial charge < -0.3 is 0 Å². The number of carbonyl (C=O) groups is 1. The highest BCUT2D eigenvalue weighted by Crippen LogP contribution is 2.21. The first-order valence-electron chi connectivity index (χ1n) is 3.77. The summed E-state index contributed by atoms with van der Waals surface area (Å²) < 4.78 is 11.7. The molecule has 0 saturated heterocycles. The van der Waals surface area contributed by atoms with Gasteiger partial charge in [0.25, 0.3) is 0 Å². The van der Waals surface area contributed by atoms with Crippen molar-refractivity contribution in [3.05, 3.63) is 21.3 Å². The minimum Gasteiger partial charge on any atom is -0.292 e. The molecule has 0 N–H and O–H groups in total. The molecular weight excluding hydrogens is 228 g/mol. The van der Waals surface area contributed by atoms with Crippen LogP contribution in [0.25, 0.3) is 0 Å². The molecule has 1 heterocycles. The maximum atomic E-state index is 11.4. The summed E-state index contributed by atoms with van der Waals surface area (Å²) in [7, 11) is -1.03. The molecule has 0 fully saturated rings. The van der Waals surface area contributed by atoms with Crippen molar-refractivity contribution < 1.29 is 9.00 Å². The van der Waals surface area contributed by atoms with Crippen LogP contribution in [0.3, 0.4) is 0 Å². The van der Waals surface area contributed by atoms with Crippen molar-refractivity contribution in [2.45, 2.75) is 6.92 Å². The zero-order valence-corrected chi connectivity index (χ0v) is 9.47. The Bertz CT molecular complexity index is 333. The van der Waals surface area contributed by atoms with Crippen LogP contribution in [-0.2, 0) is 10.8 Å². The van der Waals surface area contributed by atoms with E-state index in [1.807, 2.05) is 0 Å². The van der Waals surface area contributed by atoms with E-state index >= 15 is 0 Å². The van der Waals surface area contributed by atoms with Gasteiger partial charge in [0, 0.05) is 16.6 Å². The van der Waals surface area contributed by atoms with Crippen LogP contribution in [0.4, 0.5) is 0 Å². The molecule has 5 heteroatoms. The Morgan fingerprint density at radius 1 is 1.62 bits per heavy atom. The van der Waals surface area contributed by atoms with Gasteiger partial charge in [-0.3, -0.25) is 9.00 Å². The van der Waals surface area contributed by atoms with E-state index < -0.39 is 10.8 Å². The fraction of sp³-hybridized carbons (Fsp3) is 0.375. The Morgan fingerprint density at radius 3 is 2.77 bits per heavy atom. The molecule has 0 aliphatic rings. The predicted octanol–water partition coefficient (Wildman–Crippen LogP) is 2.35. The summed E-state index contributed by atoms with van der Waals surface area (Å²) in [5.74, 6) is 0.537.